The molecule has 2 aromatic heterocycles. The summed E-state index contributed by atoms with van der Waals surface area (Å²) in [5.74, 6) is 0. The van der Waals surface area contributed by atoms with E-state index in [9.17, 15) is 19.2 Å². The normalized spacial score (nSPS) is 10.7. The van der Waals surface area contributed by atoms with Crippen molar-refractivity contribution in [2.24, 2.45) is 0 Å². The molecule has 0 saturated carbocycles. The van der Waals surface area contributed by atoms with E-state index in [2.05, 4.69) is 15.1 Å². The van der Waals surface area contributed by atoms with Crippen molar-refractivity contribution >= 4 is 0 Å². The summed E-state index contributed by atoms with van der Waals surface area (Å²) in [5.41, 5.74) is -1.86. The third-order valence-corrected chi connectivity index (χ3v) is 2.72. The van der Waals surface area contributed by atoms with E-state index in [0.717, 1.165) is 4.68 Å². The molecule has 0 aromatic carbocycles. The van der Waals surface area contributed by atoms with Crippen molar-refractivity contribution in [2.45, 2.75) is 26.4 Å². The summed E-state index contributed by atoms with van der Waals surface area (Å²) in [6, 6.07) is 1.25. The van der Waals surface area contributed by atoms with Crippen molar-refractivity contribution in [3.63, 3.8) is 0 Å². The van der Waals surface area contributed by atoms with Crippen molar-refractivity contribution in [3.8, 4) is 0 Å². The molecule has 0 aliphatic carbocycles. The van der Waals surface area contributed by atoms with Gasteiger partial charge in [0.2, 0.25) is 0 Å². The van der Waals surface area contributed by atoms with E-state index in [-0.39, 0.29) is 12.2 Å². The highest BCUT2D eigenvalue weighted by Crippen LogP contribution is 1.88. The van der Waals surface area contributed by atoms with Crippen LogP contribution in [0.3, 0.4) is 0 Å². The summed E-state index contributed by atoms with van der Waals surface area (Å²) in [6.45, 7) is 2.07. The zero-order valence-corrected chi connectivity index (χ0v) is 10.8. The molecule has 0 atom stereocenters. The van der Waals surface area contributed by atoms with Gasteiger partial charge in [-0.15, -0.1) is 0 Å². The van der Waals surface area contributed by atoms with Gasteiger partial charge >= 0.3 is 11.4 Å². The van der Waals surface area contributed by atoms with E-state index in [4.69, 9.17) is 0 Å². The number of aryl methyl sites for hydroxylation is 3. The third-order valence-electron chi connectivity index (χ3n) is 2.72. The minimum atomic E-state index is -0.589. The van der Waals surface area contributed by atoms with Crippen LogP contribution in [-0.2, 0) is 13.1 Å². The molecule has 0 spiro atoms. The first-order valence-corrected chi connectivity index (χ1v) is 5.95. The number of rotatable bonds is 4. The lowest BCUT2D eigenvalue weighted by atomic mass is 10.4. The molecule has 0 unspecified atom stereocenters. The van der Waals surface area contributed by atoms with Gasteiger partial charge in [0.15, 0.2) is 0 Å². The number of hydrogen-bond acceptors (Lipinski definition) is 5. The summed E-state index contributed by atoms with van der Waals surface area (Å²) in [4.78, 5) is 49.2. The summed E-state index contributed by atoms with van der Waals surface area (Å²) < 4.78 is 2.46. The number of aromatic nitrogens is 5. The van der Waals surface area contributed by atoms with Crippen LogP contribution in [0.5, 0.6) is 0 Å². The Hall–Kier alpha value is -2.71. The minimum Gasteiger partial charge on any atom is -0.301 e. The molecule has 106 valence electrons. The number of H-pyrrole nitrogens is 2. The van der Waals surface area contributed by atoms with Gasteiger partial charge in [0, 0.05) is 25.4 Å². The quantitative estimate of drug-likeness (QED) is 0.682. The third kappa shape index (κ3) is 2.99. The second kappa shape index (κ2) is 5.51. The fourth-order valence-electron chi connectivity index (χ4n) is 1.69. The van der Waals surface area contributed by atoms with Crippen LogP contribution in [0, 0.1) is 6.92 Å². The lowest BCUT2D eigenvalue weighted by Crippen LogP contribution is -2.34. The molecule has 9 nitrogen and oxygen atoms in total. The molecule has 20 heavy (non-hydrogen) atoms. The van der Waals surface area contributed by atoms with Crippen LogP contribution in [0.25, 0.3) is 0 Å². The molecule has 0 bridgehead atoms. The predicted octanol–water partition coefficient (Wildman–Crippen LogP) is -1.82. The predicted molar refractivity (Wildman–Crippen MR) is 69.8 cm³/mol. The molecule has 0 amide bonds. The maximum absolute atomic E-state index is 11.5. The van der Waals surface area contributed by atoms with Crippen LogP contribution in [0.1, 0.15) is 12.1 Å². The largest absolute Gasteiger partial charge is 0.344 e. The highest BCUT2D eigenvalue weighted by Gasteiger charge is 2.03. The molecule has 2 aromatic rings. The van der Waals surface area contributed by atoms with Crippen molar-refractivity contribution in [3.05, 3.63) is 59.6 Å². The first-order chi connectivity index (χ1) is 9.47. The van der Waals surface area contributed by atoms with Gasteiger partial charge in [-0.25, -0.2) is 14.3 Å². The van der Waals surface area contributed by atoms with Gasteiger partial charge in [-0.05, 0) is 13.3 Å². The van der Waals surface area contributed by atoms with Gasteiger partial charge in [-0.1, -0.05) is 0 Å². The summed E-state index contributed by atoms with van der Waals surface area (Å²) in [7, 11) is 0. The van der Waals surface area contributed by atoms with E-state index < -0.39 is 22.5 Å². The van der Waals surface area contributed by atoms with Gasteiger partial charge < -0.3 is 4.57 Å². The average molecular weight is 279 g/mol. The van der Waals surface area contributed by atoms with Gasteiger partial charge in [0.05, 0.1) is 0 Å². The Morgan fingerprint density at radius 2 is 1.85 bits per heavy atom. The van der Waals surface area contributed by atoms with Crippen molar-refractivity contribution in [1.82, 2.24) is 24.3 Å². The Labute approximate surface area is 111 Å². The Morgan fingerprint density at radius 1 is 1.10 bits per heavy atom. The molecule has 0 fully saturated rings. The van der Waals surface area contributed by atoms with Crippen LogP contribution in [0.4, 0.5) is 0 Å². The highest BCUT2D eigenvalue weighted by molar-refractivity contribution is 4.88. The van der Waals surface area contributed by atoms with Crippen molar-refractivity contribution < 1.29 is 0 Å². The summed E-state index contributed by atoms with van der Waals surface area (Å²) >= 11 is 0. The van der Waals surface area contributed by atoms with Crippen molar-refractivity contribution in [2.75, 3.05) is 0 Å². The monoisotopic (exact) mass is 279 g/mol. The molecule has 0 saturated heterocycles. The molecule has 9 heteroatoms. The number of hydrogen-bond donors (Lipinski definition) is 2. The zero-order chi connectivity index (χ0) is 14.7. The smallest absolute Gasteiger partial charge is 0.301 e. The Morgan fingerprint density at radius 3 is 2.55 bits per heavy atom. The summed E-state index contributed by atoms with van der Waals surface area (Å²) in [6.07, 6.45) is 1.83. The lowest BCUT2D eigenvalue weighted by molar-refractivity contribution is 0.481. The highest BCUT2D eigenvalue weighted by atomic mass is 16.2. The SMILES string of the molecule is Cc1nn(CCCn2ccc(=O)[nH]c2=O)c(=O)[nH]c1=O. The van der Waals surface area contributed by atoms with Crippen LogP contribution >= 0.6 is 0 Å². The van der Waals surface area contributed by atoms with Gasteiger partial charge in [0.25, 0.3) is 11.1 Å². The molecule has 2 rings (SSSR count). The fourth-order valence-corrected chi connectivity index (χ4v) is 1.69. The molecular weight excluding hydrogens is 266 g/mol. The maximum atomic E-state index is 11.5. The van der Waals surface area contributed by atoms with Crippen LogP contribution in [0.2, 0.25) is 0 Å². The maximum Gasteiger partial charge on any atom is 0.344 e. The zero-order valence-electron chi connectivity index (χ0n) is 10.8. The lowest BCUT2D eigenvalue weighted by Gasteiger charge is -2.06. The van der Waals surface area contributed by atoms with Crippen molar-refractivity contribution in [1.29, 1.82) is 0 Å². The van der Waals surface area contributed by atoms with Gasteiger partial charge in [0.1, 0.15) is 5.69 Å². The van der Waals surface area contributed by atoms with Crippen LogP contribution < -0.4 is 22.5 Å². The second-order valence-electron chi connectivity index (χ2n) is 4.22. The second-order valence-corrected chi connectivity index (χ2v) is 4.22. The van der Waals surface area contributed by atoms with Gasteiger partial charge in [-0.3, -0.25) is 19.6 Å². The number of nitrogens with one attached hydrogen (secondary N) is 2. The average Bonchev–Trinajstić information content (AvgIpc) is 2.38. The molecule has 0 aliphatic heterocycles. The standard InChI is InChI=1S/C11H13N5O4/c1-7-9(18)13-11(20)16(14-7)5-2-4-15-6-3-8(17)12-10(15)19/h3,6H,2,4-5H2,1H3,(H,12,17,19)(H,13,18,20). The van der Waals surface area contributed by atoms with E-state index in [1.54, 1.807) is 0 Å². The van der Waals surface area contributed by atoms with E-state index in [1.165, 1.54) is 23.8 Å². The number of nitrogens with zero attached hydrogens (tertiary/aromatic N) is 3. The molecule has 2 heterocycles. The van der Waals surface area contributed by atoms with Crippen LogP contribution in [-0.4, -0.2) is 24.3 Å². The molecule has 0 radical (unpaired) electrons. The Balaban J connectivity index is 2.08. The first kappa shape index (κ1) is 13.7. The number of aromatic amines is 2. The molecular formula is C11H13N5O4. The molecule has 2 N–H and O–H groups in total. The van der Waals surface area contributed by atoms with Crippen LogP contribution in [0.15, 0.2) is 31.4 Å². The molecule has 0 aliphatic rings. The van der Waals surface area contributed by atoms with E-state index in [0.29, 0.717) is 13.0 Å². The fraction of sp³-hybridized carbons (Fsp3) is 0.364. The topological polar surface area (TPSA) is 123 Å². The van der Waals surface area contributed by atoms with Gasteiger partial charge in [-0.2, -0.15) is 5.10 Å². The van der Waals surface area contributed by atoms with E-state index >= 15 is 0 Å². The Bertz CT molecular complexity index is 841. The van der Waals surface area contributed by atoms with E-state index in [1.807, 2.05) is 0 Å². The minimum absolute atomic E-state index is 0.200. The first-order valence-electron chi connectivity index (χ1n) is 5.95. The summed E-state index contributed by atoms with van der Waals surface area (Å²) in [5, 5.41) is 3.86. The Kier molecular flexibility index (Phi) is 3.78.